The van der Waals surface area contributed by atoms with Crippen LogP contribution < -0.4 is 5.32 Å². The average Bonchev–Trinajstić information content (AvgIpc) is 3.19. The van der Waals surface area contributed by atoms with E-state index in [4.69, 9.17) is 0 Å². The molecule has 3 aromatic rings. The number of nitrogens with one attached hydrogen (secondary N) is 1. The molecule has 0 saturated carbocycles. The van der Waals surface area contributed by atoms with E-state index in [0.29, 0.717) is 11.7 Å². The summed E-state index contributed by atoms with van der Waals surface area (Å²) >= 11 is 1.39. The van der Waals surface area contributed by atoms with Crippen molar-refractivity contribution in [3.05, 3.63) is 65.5 Å². The SMILES string of the molecule is Cc1ccc(-c2nnc(NC(=O)C3CCCN(Cc4ccc(F)cc4)C3)s2)cc1. The maximum Gasteiger partial charge on any atom is 0.230 e. The van der Waals surface area contributed by atoms with Crippen molar-refractivity contribution in [3.8, 4) is 10.6 Å². The average molecular weight is 411 g/mol. The van der Waals surface area contributed by atoms with Crippen molar-refractivity contribution in [2.75, 3.05) is 18.4 Å². The lowest BCUT2D eigenvalue weighted by molar-refractivity contribution is -0.121. The number of aryl methyl sites for hydroxylation is 1. The standard InChI is InChI=1S/C22H23FN4OS/c1-15-4-8-17(9-5-15)21-25-26-22(29-21)24-20(28)18-3-2-12-27(14-18)13-16-6-10-19(23)11-7-16/h4-11,18H,2-3,12-14H2,1H3,(H,24,26,28). The Kier molecular flexibility index (Phi) is 5.97. The van der Waals surface area contributed by atoms with E-state index in [1.54, 1.807) is 12.1 Å². The molecule has 1 saturated heterocycles. The number of likely N-dealkylation sites (tertiary alicyclic amines) is 1. The molecule has 4 rings (SSSR count). The summed E-state index contributed by atoms with van der Waals surface area (Å²) in [5.74, 6) is -0.331. The fourth-order valence-corrected chi connectivity index (χ4v) is 4.31. The smallest absolute Gasteiger partial charge is 0.230 e. The van der Waals surface area contributed by atoms with E-state index in [1.807, 2.05) is 31.2 Å². The maximum atomic E-state index is 13.1. The Labute approximate surface area is 173 Å². The minimum absolute atomic E-state index is 0.0135. The van der Waals surface area contributed by atoms with Gasteiger partial charge in [-0.1, -0.05) is 53.3 Å². The minimum atomic E-state index is -0.230. The van der Waals surface area contributed by atoms with Gasteiger partial charge >= 0.3 is 0 Å². The first kappa shape index (κ1) is 19.7. The third-order valence-electron chi connectivity index (χ3n) is 5.15. The van der Waals surface area contributed by atoms with E-state index in [0.717, 1.165) is 42.1 Å². The molecule has 0 aliphatic carbocycles. The van der Waals surface area contributed by atoms with Crippen molar-refractivity contribution in [1.82, 2.24) is 15.1 Å². The van der Waals surface area contributed by atoms with Gasteiger partial charge in [0.2, 0.25) is 11.0 Å². The lowest BCUT2D eigenvalue weighted by Crippen LogP contribution is -2.40. The van der Waals surface area contributed by atoms with Gasteiger partial charge in [-0.05, 0) is 44.0 Å². The Morgan fingerprint density at radius 1 is 1.17 bits per heavy atom. The van der Waals surface area contributed by atoms with Gasteiger partial charge in [-0.25, -0.2) is 4.39 Å². The summed E-state index contributed by atoms with van der Waals surface area (Å²) in [6, 6.07) is 14.6. The van der Waals surface area contributed by atoms with Crippen molar-refractivity contribution in [2.24, 2.45) is 5.92 Å². The Balaban J connectivity index is 1.35. The molecule has 1 N–H and O–H groups in total. The summed E-state index contributed by atoms with van der Waals surface area (Å²) in [6.07, 6.45) is 1.82. The largest absolute Gasteiger partial charge is 0.300 e. The highest BCUT2D eigenvalue weighted by molar-refractivity contribution is 7.18. The molecule has 1 aliphatic heterocycles. The molecule has 1 amide bonds. The Morgan fingerprint density at radius 2 is 1.93 bits per heavy atom. The number of hydrogen-bond acceptors (Lipinski definition) is 5. The van der Waals surface area contributed by atoms with Crippen LogP contribution in [0.25, 0.3) is 10.6 Å². The summed E-state index contributed by atoms with van der Waals surface area (Å²) in [4.78, 5) is 15.0. The molecule has 0 radical (unpaired) electrons. The summed E-state index contributed by atoms with van der Waals surface area (Å²) < 4.78 is 13.1. The van der Waals surface area contributed by atoms with Crippen molar-refractivity contribution >= 4 is 22.4 Å². The van der Waals surface area contributed by atoms with Gasteiger partial charge in [-0.2, -0.15) is 0 Å². The van der Waals surface area contributed by atoms with Crippen molar-refractivity contribution in [2.45, 2.75) is 26.3 Å². The first-order valence-corrected chi connectivity index (χ1v) is 10.6. The van der Waals surface area contributed by atoms with Gasteiger partial charge in [-0.3, -0.25) is 9.69 Å². The molecule has 2 aromatic carbocycles. The van der Waals surface area contributed by atoms with Gasteiger partial charge in [0, 0.05) is 18.7 Å². The molecule has 1 unspecified atom stereocenters. The van der Waals surface area contributed by atoms with E-state index < -0.39 is 0 Å². The fraction of sp³-hybridized carbons (Fsp3) is 0.318. The third kappa shape index (κ3) is 5.05. The number of benzene rings is 2. The first-order chi connectivity index (χ1) is 14.1. The lowest BCUT2D eigenvalue weighted by Gasteiger charge is -2.31. The molecule has 150 valence electrons. The molecule has 29 heavy (non-hydrogen) atoms. The second kappa shape index (κ2) is 8.80. The zero-order valence-electron chi connectivity index (χ0n) is 16.3. The summed E-state index contributed by atoms with van der Waals surface area (Å²) in [7, 11) is 0. The van der Waals surface area contributed by atoms with Crippen molar-refractivity contribution in [1.29, 1.82) is 0 Å². The summed E-state index contributed by atoms with van der Waals surface area (Å²) in [5.41, 5.74) is 3.24. The number of amides is 1. The molecular formula is C22H23FN4OS. The second-order valence-corrected chi connectivity index (χ2v) is 8.45. The fourth-order valence-electron chi connectivity index (χ4n) is 3.56. The van der Waals surface area contributed by atoms with Crippen LogP contribution in [0.4, 0.5) is 9.52 Å². The molecule has 0 spiro atoms. The molecule has 7 heteroatoms. The molecule has 2 heterocycles. The number of hydrogen-bond donors (Lipinski definition) is 1. The predicted octanol–water partition coefficient (Wildman–Crippen LogP) is 4.50. The van der Waals surface area contributed by atoms with E-state index >= 15 is 0 Å². The number of aromatic nitrogens is 2. The molecule has 0 bridgehead atoms. The van der Waals surface area contributed by atoms with Crippen LogP contribution in [0.15, 0.2) is 48.5 Å². The molecule has 1 atom stereocenters. The van der Waals surface area contributed by atoms with E-state index in [9.17, 15) is 9.18 Å². The maximum absolute atomic E-state index is 13.1. The first-order valence-electron chi connectivity index (χ1n) is 9.75. The monoisotopic (exact) mass is 410 g/mol. The zero-order chi connectivity index (χ0) is 20.2. The second-order valence-electron chi connectivity index (χ2n) is 7.47. The van der Waals surface area contributed by atoms with Gasteiger partial charge < -0.3 is 5.32 Å². The minimum Gasteiger partial charge on any atom is -0.300 e. The topological polar surface area (TPSA) is 58.1 Å². The van der Waals surface area contributed by atoms with Crippen LogP contribution >= 0.6 is 11.3 Å². The summed E-state index contributed by atoms with van der Waals surface area (Å²) in [5, 5.41) is 12.6. The quantitative estimate of drug-likeness (QED) is 0.673. The highest BCUT2D eigenvalue weighted by Crippen LogP contribution is 2.27. The van der Waals surface area contributed by atoms with E-state index in [-0.39, 0.29) is 17.6 Å². The molecule has 1 aliphatic rings. The molecule has 1 aromatic heterocycles. The number of carbonyl (C=O) groups is 1. The number of rotatable bonds is 5. The Hall–Kier alpha value is -2.64. The van der Waals surface area contributed by atoms with E-state index in [2.05, 4.69) is 20.4 Å². The Morgan fingerprint density at radius 3 is 2.69 bits per heavy atom. The lowest BCUT2D eigenvalue weighted by atomic mass is 9.97. The van der Waals surface area contributed by atoms with Crippen LogP contribution in [0.3, 0.4) is 0 Å². The van der Waals surface area contributed by atoms with Crippen molar-refractivity contribution < 1.29 is 9.18 Å². The predicted molar refractivity (Wildman–Crippen MR) is 113 cm³/mol. The highest BCUT2D eigenvalue weighted by Gasteiger charge is 2.26. The van der Waals surface area contributed by atoms with Crippen LogP contribution in [-0.2, 0) is 11.3 Å². The molecule has 5 nitrogen and oxygen atoms in total. The normalized spacial score (nSPS) is 17.2. The van der Waals surface area contributed by atoms with E-state index in [1.165, 1.54) is 29.0 Å². The van der Waals surface area contributed by atoms with Crippen LogP contribution in [-0.4, -0.2) is 34.1 Å². The van der Waals surface area contributed by atoms with Crippen LogP contribution in [0.5, 0.6) is 0 Å². The number of carbonyl (C=O) groups excluding carboxylic acids is 1. The summed E-state index contributed by atoms with van der Waals surface area (Å²) in [6.45, 7) is 4.39. The molecular weight excluding hydrogens is 387 g/mol. The van der Waals surface area contributed by atoms with Crippen LogP contribution in [0, 0.1) is 18.7 Å². The number of nitrogens with zero attached hydrogens (tertiary/aromatic N) is 3. The number of halogens is 1. The van der Waals surface area contributed by atoms with Gasteiger partial charge in [0.1, 0.15) is 10.8 Å². The molecule has 1 fully saturated rings. The van der Waals surface area contributed by atoms with Gasteiger partial charge in [0.05, 0.1) is 5.92 Å². The zero-order valence-corrected chi connectivity index (χ0v) is 17.1. The van der Waals surface area contributed by atoms with Crippen LogP contribution in [0.2, 0.25) is 0 Å². The van der Waals surface area contributed by atoms with Crippen molar-refractivity contribution in [3.63, 3.8) is 0 Å². The van der Waals surface area contributed by atoms with Gasteiger partial charge in [0.15, 0.2) is 0 Å². The number of anilines is 1. The van der Waals surface area contributed by atoms with Crippen LogP contribution in [0.1, 0.15) is 24.0 Å². The Bertz CT molecular complexity index is 971. The van der Waals surface area contributed by atoms with Gasteiger partial charge in [-0.15, -0.1) is 10.2 Å². The number of piperidine rings is 1. The van der Waals surface area contributed by atoms with Gasteiger partial charge in [0.25, 0.3) is 0 Å². The third-order valence-corrected chi connectivity index (χ3v) is 6.04. The highest BCUT2D eigenvalue weighted by atomic mass is 32.1.